The summed E-state index contributed by atoms with van der Waals surface area (Å²) in [6.45, 7) is 4.84. The Balaban J connectivity index is 1.19. The van der Waals surface area contributed by atoms with E-state index >= 15 is 0 Å². The summed E-state index contributed by atoms with van der Waals surface area (Å²) in [5.41, 5.74) is 15.6. The number of anilines is 3. The van der Waals surface area contributed by atoms with Crippen molar-refractivity contribution in [1.82, 2.24) is 0 Å². The van der Waals surface area contributed by atoms with Gasteiger partial charge in [0.05, 0.1) is 11.1 Å². The zero-order chi connectivity index (χ0) is 38.8. The van der Waals surface area contributed by atoms with E-state index in [-0.39, 0.29) is 5.41 Å². The van der Waals surface area contributed by atoms with Gasteiger partial charge in [-0.15, -0.1) is 0 Å². The molecular formula is C56H41NS. The highest BCUT2D eigenvalue weighted by Crippen LogP contribution is 2.64. The van der Waals surface area contributed by atoms with Crippen LogP contribution in [0.3, 0.4) is 0 Å². The molecule has 1 heterocycles. The lowest BCUT2D eigenvalue weighted by Gasteiger charge is -2.51. The molecule has 9 aromatic carbocycles. The molecule has 1 nitrogen and oxygen atoms in total. The lowest BCUT2D eigenvalue weighted by Crippen LogP contribution is -2.43. The van der Waals surface area contributed by atoms with Crippen LogP contribution in [0.5, 0.6) is 0 Å². The van der Waals surface area contributed by atoms with Gasteiger partial charge in [0.15, 0.2) is 0 Å². The fraction of sp³-hybridized carbons (Fsp3) is 0.0714. The third-order valence-corrected chi connectivity index (χ3v) is 13.8. The van der Waals surface area contributed by atoms with E-state index in [1.807, 2.05) is 11.8 Å². The van der Waals surface area contributed by atoms with Crippen LogP contribution in [0.1, 0.15) is 47.2 Å². The second-order valence-corrected chi connectivity index (χ2v) is 17.1. The molecular weight excluding hydrogens is 719 g/mol. The smallest absolute Gasteiger partial charge is 0.0730 e. The summed E-state index contributed by atoms with van der Waals surface area (Å²) in [5, 5.41) is 2.60. The van der Waals surface area contributed by atoms with Crippen LogP contribution in [0, 0.1) is 0 Å². The Kier molecular flexibility index (Phi) is 8.06. The summed E-state index contributed by atoms with van der Waals surface area (Å²) in [6.07, 6.45) is 0. The molecule has 0 bridgehead atoms. The number of rotatable bonds is 5. The summed E-state index contributed by atoms with van der Waals surface area (Å²) in [4.78, 5) is 5.03. The predicted octanol–water partition coefficient (Wildman–Crippen LogP) is 15.1. The first kappa shape index (κ1) is 34.6. The number of hydrogen-bond donors (Lipinski definition) is 0. The Labute approximate surface area is 345 Å². The Hall–Kier alpha value is -6.61. The molecule has 2 heteroatoms. The van der Waals surface area contributed by atoms with Crippen molar-refractivity contribution >= 4 is 39.6 Å². The van der Waals surface area contributed by atoms with Crippen LogP contribution in [0.2, 0.25) is 0 Å². The van der Waals surface area contributed by atoms with Crippen molar-refractivity contribution in [1.29, 1.82) is 0 Å². The molecule has 58 heavy (non-hydrogen) atoms. The molecule has 2 aliphatic rings. The monoisotopic (exact) mass is 759 g/mol. The van der Waals surface area contributed by atoms with Gasteiger partial charge in [0.25, 0.3) is 0 Å². The van der Waals surface area contributed by atoms with E-state index in [9.17, 15) is 0 Å². The summed E-state index contributed by atoms with van der Waals surface area (Å²) >= 11 is 1.91. The molecule has 0 saturated carbocycles. The van der Waals surface area contributed by atoms with Crippen molar-refractivity contribution in [2.24, 2.45) is 0 Å². The third-order valence-electron chi connectivity index (χ3n) is 12.6. The van der Waals surface area contributed by atoms with Crippen molar-refractivity contribution in [2.45, 2.75) is 34.5 Å². The number of benzene rings is 9. The van der Waals surface area contributed by atoms with Crippen molar-refractivity contribution in [3.63, 3.8) is 0 Å². The van der Waals surface area contributed by atoms with Crippen molar-refractivity contribution < 1.29 is 0 Å². The highest BCUT2D eigenvalue weighted by Gasteiger charge is 2.53. The first-order valence-corrected chi connectivity index (χ1v) is 21.0. The largest absolute Gasteiger partial charge is 0.309 e. The molecule has 1 atom stereocenters. The fourth-order valence-electron chi connectivity index (χ4n) is 9.99. The molecule has 0 fully saturated rings. The molecule has 11 rings (SSSR count). The van der Waals surface area contributed by atoms with E-state index < -0.39 is 5.41 Å². The molecule has 0 aromatic heterocycles. The Morgan fingerprint density at radius 3 is 1.55 bits per heavy atom. The average molecular weight is 760 g/mol. The zero-order valence-corrected chi connectivity index (χ0v) is 33.4. The van der Waals surface area contributed by atoms with Crippen molar-refractivity contribution in [3.05, 3.63) is 246 Å². The number of nitrogens with zero attached hydrogens (tertiary/aromatic N) is 1. The minimum Gasteiger partial charge on any atom is -0.309 e. The lowest BCUT2D eigenvalue weighted by atomic mass is 9.53. The number of fused-ring (bicyclic) bond motifs is 10. The Morgan fingerprint density at radius 1 is 0.379 bits per heavy atom. The van der Waals surface area contributed by atoms with Crippen LogP contribution in [-0.2, 0) is 10.8 Å². The highest BCUT2D eigenvalue weighted by molar-refractivity contribution is 7.99. The molecule has 0 radical (unpaired) electrons. The van der Waals surface area contributed by atoms with E-state index in [1.165, 1.54) is 81.9 Å². The van der Waals surface area contributed by atoms with E-state index in [2.05, 4.69) is 231 Å². The Morgan fingerprint density at radius 2 is 0.897 bits per heavy atom. The van der Waals surface area contributed by atoms with Crippen LogP contribution in [0.4, 0.5) is 17.1 Å². The maximum absolute atomic E-state index is 2.47. The van der Waals surface area contributed by atoms with Gasteiger partial charge in [0.1, 0.15) is 0 Å². The zero-order valence-electron chi connectivity index (χ0n) is 32.6. The fourth-order valence-corrected chi connectivity index (χ4v) is 11.3. The quantitative estimate of drug-likeness (QED) is 0.172. The molecule has 1 aliphatic heterocycles. The normalized spacial score (nSPS) is 15.9. The van der Waals surface area contributed by atoms with E-state index in [0.717, 1.165) is 11.4 Å². The molecule has 1 aliphatic carbocycles. The van der Waals surface area contributed by atoms with Gasteiger partial charge in [-0.3, -0.25) is 0 Å². The molecule has 0 saturated heterocycles. The summed E-state index contributed by atoms with van der Waals surface area (Å²) in [5.74, 6) is 0. The second kappa shape index (κ2) is 13.5. The molecule has 0 N–H and O–H groups in total. The van der Waals surface area contributed by atoms with Gasteiger partial charge >= 0.3 is 0 Å². The predicted molar refractivity (Wildman–Crippen MR) is 244 cm³/mol. The number of hydrogen-bond acceptors (Lipinski definition) is 2. The third kappa shape index (κ3) is 5.18. The molecule has 0 amide bonds. The first-order chi connectivity index (χ1) is 28.5. The molecule has 276 valence electrons. The average Bonchev–Trinajstić information content (AvgIpc) is 3.29. The van der Waals surface area contributed by atoms with E-state index in [0.29, 0.717) is 0 Å². The first-order valence-electron chi connectivity index (χ1n) is 20.2. The summed E-state index contributed by atoms with van der Waals surface area (Å²) in [6, 6.07) is 78.6. The minimum atomic E-state index is -0.543. The summed E-state index contributed by atoms with van der Waals surface area (Å²) in [7, 11) is 0. The van der Waals surface area contributed by atoms with Gasteiger partial charge in [-0.25, -0.2) is 0 Å². The topological polar surface area (TPSA) is 3.24 Å². The Bertz CT molecular complexity index is 2900. The standard InChI is InChI=1S/C56H41NS/c1-55(2)46-22-11-12-23-47(46)56(49-37-32-42-20-9-10-21-45(42)53(49)55)48-24-13-14-27-52(48)58-54-50(56)25-15-26-51(54)57(43-33-28-40(29-34-43)38-16-5-3-6-17-38)44-35-30-41(31-36-44)39-18-7-4-8-19-39/h3-37H,1-2H3. The van der Waals surface area contributed by atoms with Gasteiger partial charge in [-0.05, 0) is 103 Å². The lowest BCUT2D eigenvalue weighted by molar-refractivity contribution is 0.554. The SMILES string of the molecule is CC1(C)c2ccccc2C2(c3ccccc3Sc3c(N(c4ccc(-c5ccccc5)cc4)c4ccc(-c5ccccc5)cc4)cccc32)c2ccc3ccccc3c21. The molecule has 1 spiro atoms. The van der Waals surface area contributed by atoms with Crippen LogP contribution in [0.15, 0.2) is 222 Å². The van der Waals surface area contributed by atoms with Crippen LogP contribution in [-0.4, -0.2) is 0 Å². The van der Waals surface area contributed by atoms with Gasteiger partial charge in [-0.2, -0.15) is 0 Å². The van der Waals surface area contributed by atoms with E-state index in [4.69, 9.17) is 0 Å². The van der Waals surface area contributed by atoms with Crippen molar-refractivity contribution in [2.75, 3.05) is 4.90 Å². The second-order valence-electron chi connectivity index (χ2n) is 16.0. The van der Waals surface area contributed by atoms with Crippen molar-refractivity contribution in [3.8, 4) is 22.3 Å². The summed E-state index contributed by atoms with van der Waals surface area (Å²) < 4.78 is 0. The molecule has 1 unspecified atom stereocenters. The van der Waals surface area contributed by atoms with E-state index in [1.54, 1.807) is 0 Å². The van der Waals surface area contributed by atoms with Crippen LogP contribution in [0.25, 0.3) is 33.0 Å². The maximum Gasteiger partial charge on any atom is 0.0730 e. The van der Waals surface area contributed by atoms with Gasteiger partial charge < -0.3 is 4.90 Å². The van der Waals surface area contributed by atoms with Gasteiger partial charge in [-0.1, -0.05) is 202 Å². The van der Waals surface area contributed by atoms with Crippen LogP contribution >= 0.6 is 11.8 Å². The molecule has 9 aromatic rings. The highest BCUT2D eigenvalue weighted by atomic mass is 32.2. The van der Waals surface area contributed by atoms with Gasteiger partial charge in [0.2, 0.25) is 0 Å². The maximum atomic E-state index is 2.47. The van der Waals surface area contributed by atoms with Gasteiger partial charge in [0, 0.05) is 26.6 Å². The minimum absolute atomic E-state index is 0.220. The van der Waals surface area contributed by atoms with Crippen LogP contribution < -0.4 is 4.90 Å².